The molecular formula is C19H25N3O6S. The van der Waals surface area contributed by atoms with Crippen LogP contribution in [0.5, 0.6) is 11.5 Å². The number of benzene rings is 1. The Morgan fingerprint density at radius 1 is 1.10 bits per heavy atom. The number of nitrogens with zero attached hydrogens (tertiary/aromatic N) is 3. The zero-order valence-electron chi connectivity index (χ0n) is 16.9. The molecule has 2 aromatic rings. The lowest BCUT2D eigenvalue weighted by molar-refractivity contribution is -0.131. The Hall–Kier alpha value is -2.62. The SMILES string of the molecule is COc1cc(OC)cc(-c2nnc(S(=O)(=O)CC(=O)N3CC(C)CC(C)C3)o2)c1. The Morgan fingerprint density at radius 2 is 1.69 bits per heavy atom. The largest absolute Gasteiger partial charge is 0.497 e. The Kier molecular flexibility index (Phi) is 6.11. The summed E-state index contributed by atoms with van der Waals surface area (Å²) < 4.78 is 41.0. The molecule has 0 saturated carbocycles. The van der Waals surface area contributed by atoms with Gasteiger partial charge in [0.2, 0.25) is 21.6 Å². The van der Waals surface area contributed by atoms with Crippen LogP contribution in [0.1, 0.15) is 20.3 Å². The lowest BCUT2D eigenvalue weighted by Crippen LogP contribution is -2.44. The van der Waals surface area contributed by atoms with Crippen molar-refractivity contribution in [3.8, 4) is 23.0 Å². The van der Waals surface area contributed by atoms with E-state index in [1.54, 1.807) is 23.1 Å². The zero-order valence-corrected chi connectivity index (χ0v) is 17.7. The van der Waals surface area contributed by atoms with Crippen molar-refractivity contribution >= 4 is 15.7 Å². The smallest absolute Gasteiger partial charge is 0.336 e. The molecule has 0 radical (unpaired) electrons. The minimum atomic E-state index is -4.06. The van der Waals surface area contributed by atoms with Crippen LogP contribution in [-0.4, -0.2) is 62.5 Å². The van der Waals surface area contributed by atoms with E-state index in [1.807, 2.05) is 0 Å². The molecule has 10 heteroatoms. The lowest BCUT2D eigenvalue weighted by Gasteiger charge is -2.34. The first-order valence-corrected chi connectivity index (χ1v) is 10.9. The fourth-order valence-corrected chi connectivity index (χ4v) is 4.57. The average Bonchev–Trinajstić information content (AvgIpc) is 3.17. The highest BCUT2D eigenvalue weighted by atomic mass is 32.2. The van der Waals surface area contributed by atoms with E-state index in [2.05, 4.69) is 24.0 Å². The molecule has 1 aliphatic rings. The molecule has 1 aromatic carbocycles. The number of likely N-dealkylation sites (tertiary alicyclic amines) is 1. The molecule has 1 aliphatic heterocycles. The standard InChI is InChI=1S/C19H25N3O6S/c1-12-5-13(2)10-22(9-12)17(23)11-29(24,25)19-21-20-18(28-19)14-6-15(26-3)8-16(7-14)27-4/h6-8,12-13H,5,9-11H2,1-4H3. The maximum absolute atomic E-state index is 12.6. The van der Waals surface area contributed by atoms with Crippen LogP contribution in [0.25, 0.3) is 11.5 Å². The molecule has 0 aliphatic carbocycles. The van der Waals surface area contributed by atoms with Gasteiger partial charge in [-0.25, -0.2) is 8.42 Å². The molecule has 0 spiro atoms. The highest BCUT2D eigenvalue weighted by Gasteiger charge is 2.32. The van der Waals surface area contributed by atoms with Crippen molar-refractivity contribution < 1.29 is 27.1 Å². The average molecular weight is 423 g/mol. The lowest BCUT2D eigenvalue weighted by atomic mass is 9.92. The van der Waals surface area contributed by atoms with Crippen molar-refractivity contribution in [2.24, 2.45) is 11.8 Å². The van der Waals surface area contributed by atoms with E-state index >= 15 is 0 Å². The number of rotatable bonds is 6. The molecule has 29 heavy (non-hydrogen) atoms. The number of carbonyl (C=O) groups is 1. The summed E-state index contributed by atoms with van der Waals surface area (Å²) in [7, 11) is -1.06. The molecule has 2 heterocycles. The maximum atomic E-state index is 12.6. The van der Waals surface area contributed by atoms with Crippen molar-refractivity contribution in [2.75, 3.05) is 33.1 Å². The summed E-state index contributed by atoms with van der Waals surface area (Å²) in [5.41, 5.74) is 0.445. The van der Waals surface area contributed by atoms with Gasteiger partial charge in [0, 0.05) is 24.7 Å². The molecule has 0 N–H and O–H groups in total. The van der Waals surface area contributed by atoms with Gasteiger partial charge in [0.1, 0.15) is 17.3 Å². The Morgan fingerprint density at radius 3 is 2.24 bits per heavy atom. The molecule has 9 nitrogen and oxygen atoms in total. The molecule has 1 fully saturated rings. The second-order valence-corrected chi connectivity index (χ2v) is 9.35. The second kappa shape index (κ2) is 8.40. The van der Waals surface area contributed by atoms with Crippen LogP contribution in [0.2, 0.25) is 0 Å². The van der Waals surface area contributed by atoms with Gasteiger partial charge in [0.25, 0.3) is 0 Å². The van der Waals surface area contributed by atoms with Crippen LogP contribution in [0.4, 0.5) is 0 Å². The number of piperidine rings is 1. The number of ether oxygens (including phenoxy) is 2. The zero-order chi connectivity index (χ0) is 21.2. The van der Waals surface area contributed by atoms with Crippen molar-refractivity contribution in [3.63, 3.8) is 0 Å². The van der Waals surface area contributed by atoms with Crippen molar-refractivity contribution in [2.45, 2.75) is 25.5 Å². The van der Waals surface area contributed by atoms with Gasteiger partial charge in [0.05, 0.1) is 14.2 Å². The molecule has 2 atom stereocenters. The third-order valence-electron chi connectivity index (χ3n) is 4.81. The van der Waals surface area contributed by atoms with E-state index in [0.29, 0.717) is 42.0 Å². The number of sulfone groups is 1. The summed E-state index contributed by atoms with van der Waals surface area (Å²) in [4.78, 5) is 14.1. The van der Waals surface area contributed by atoms with Crippen LogP contribution in [-0.2, 0) is 14.6 Å². The van der Waals surface area contributed by atoms with Crippen LogP contribution >= 0.6 is 0 Å². The Labute approximate surface area is 169 Å². The molecule has 3 rings (SSSR count). The van der Waals surface area contributed by atoms with Crippen molar-refractivity contribution in [1.82, 2.24) is 15.1 Å². The number of aromatic nitrogens is 2. The summed E-state index contributed by atoms with van der Waals surface area (Å²) in [6, 6.07) is 4.90. The van der Waals surface area contributed by atoms with Gasteiger partial charge >= 0.3 is 5.22 Å². The van der Waals surface area contributed by atoms with Crippen LogP contribution < -0.4 is 9.47 Å². The minimum absolute atomic E-state index is 0.00607. The number of hydrogen-bond acceptors (Lipinski definition) is 8. The maximum Gasteiger partial charge on any atom is 0.336 e. The first-order valence-electron chi connectivity index (χ1n) is 9.29. The van der Waals surface area contributed by atoms with Crippen LogP contribution in [0.15, 0.2) is 27.8 Å². The summed E-state index contributed by atoms with van der Waals surface area (Å²) in [5, 5.41) is 6.88. The molecule has 1 aromatic heterocycles. The fraction of sp³-hybridized carbons (Fsp3) is 0.526. The number of hydrogen-bond donors (Lipinski definition) is 0. The summed E-state index contributed by atoms with van der Waals surface area (Å²) in [6.07, 6.45) is 1.02. The van der Waals surface area contributed by atoms with E-state index in [9.17, 15) is 13.2 Å². The van der Waals surface area contributed by atoms with E-state index in [-0.39, 0.29) is 5.89 Å². The predicted octanol–water partition coefficient (Wildman–Crippen LogP) is 2.03. The fourth-order valence-electron chi connectivity index (χ4n) is 3.57. The first kappa shape index (κ1) is 21.1. The number of carbonyl (C=O) groups excluding carboxylic acids is 1. The van der Waals surface area contributed by atoms with Gasteiger partial charge in [-0.2, -0.15) is 0 Å². The van der Waals surface area contributed by atoms with Gasteiger partial charge in [0.15, 0.2) is 0 Å². The first-order chi connectivity index (χ1) is 13.7. The summed E-state index contributed by atoms with van der Waals surface area (Å²) in [6.45, 7) is 5.21. The van der Waals surface area contributed by atoms with Crippen LogP contribution in [0, 0.1) is 11.8 Å². The third kappa shape index (κ3) is 4.87. The molecule has 1 amide bonds. The molecule has 1 saturated heterocycles. The highest BCUT2D eigenvalue weighted by molar-refractivity contribution is 7.91. The normalized spacial score (nSPS) is 19.8. The Bertz CT molecular complexity index is 955. The van der Waals surface area contributed by atoms with E-state index in [0.717, 1.165) is 6.42 Å². The quantitative estimate of drug-likeness (QED) is 0.694. The molecule has 0 bridgehead atoms. The summed E-state index contributed by atoms with van der Waals surface area (Å²) >= 11 is 0. The van der Waals surface area contributed by atoms with Gasteiger partial charge in [-0.1, -0.05) is 18.9 Å². The van der Waals surface area contributed by atoms with Gasteiger partial charge in [-0.05, 0) is 30.4 Å². The third-order valence-corrected chi connectivity index (χ3v) is 6.13. The number of methoxy groups -OCH3 is 2. The second-order valence-electron chi connectivity index (χ2n) is 7.48. The number of amides is 1. The summed E-state index contributed by atoms with van der Waals surface area (Å²) in [5.74, 6) is 0.498. The molecular weight excluding hydrogens is 398 g/mol. The topological polar surface area (TPSA) is 112 Å². The van der Waals surface area contributed by atoms with E-state index in [4.69, 9.17) is 13.9 Å². The minimum Gasteiger partial charge on any atom is -0.497 e. The van der Waals surface area contributed by atoms with Gasteiger partial charge in [-0.15, -0.1) is 5.10 Å². The predicted molar refractivity (Wildman–Crippen MR) is 104 cm³/mol. The van der Waals surface area contributed by atoms with Crippen molar-refractivity contribution in [3.05, 3.63) is 18.2 Å². The van der Waals surface area contributed by atoms with Gasteiger partial charge in [-0.3, -0.25) is 4.79 Å². The van der Waals surface area contributed by atoms with E-state index < -0.39 is 26.7 Å². The Balaban J connectivity index is 1.79. The molecule has 2 unspecified atom stereocenters. The van der Waals surface area contributed by atoms with E-state index in [1.165, 1.54) is 14.2 Å². The highest BCUT2D eigenvalue weighted by Crippen LogP contribution is 2.30. The van der Waals surface area contributed by atoms with Crippen LogP contribution in [0.3, 0.4) is 0 Å². The monoisotopic (exact) mass is 423 g/mol. The van der Waals surface area contributed by atoms with Gasteiger partial charge < -0.3 is 18.8 Å². The van der Waals surface area contributed by atoms with Crippen molar-refractivity contribution in [1.29, 1.82) is 0 Å². The molecule has 158 valence electrons.